The van der Waals surface area contributed by atoms with Gasteiger partial charge in [-0.25, -0.2) is 9.97 Å². The number of alkyl halides is 3. The monoisotopic (exact) mass is 432 g/mol. The molecule has 0 N–H and O–H groups in total. The maximum Gasteiger partial charge on any atom is 0.433 e. The summed E-state index contributed by atoms with van der Waals surface area (Å²) in [6.45, 7) is 3.31. The molecule has 5 rings (SSSR count). The van der Waals surface area contributed by atoms with Crippen LogP contribution in [0.5, 0.6) is 0 Å². The van der Waals surface area contributed by atoms with Crippen LogP contribution in [0, 0.1) is 17.8 Å². The molecule has 0 aromatic carbocycles. The summed E-state index contributed by atoms with van der Waals surface area (Å²) in [4.78, 5) is 25.2. The van der Waals surface area contributed by atoms with Crippen LogP contribution < -0.4 is 4.90 Å². The van der Waals surface area contributed by atoms with Gasteiger partial charge in [-0.1, -0.05) is 0 Å². The highest BCUT2D eigenvalue weighted by atomic mass is 19.4. The molecule has 0 bridgehead atoms. The molecule has 0 radical (unpaired) electrons. The van der Waals surface area contributed by atoms with Crippen LogP contribution in [0.3, 0.4) is 0 Å². The van der Waals surface area contributed by atoms with Crippen molar-refractivity contribution in [2.45, 2.75) is 44.7 Å². The SMILES string of the molecule is O=C(C1CC1)N(CC1CC1)CC1CCN(c2nccc3nc(C(F)(F)F)ccc23)CC1. The molecule has 1 amide bonds. The van der Waals surface area contributed by atoms with E-state index in [0.29, 0.717) is 34.5 Å². The van der Waals surface area contributed by atoms with Gasteiger partial charge in [0.15, 0.2) is 0 Å². The van der Waals surface area contributed by atoms with E-state index in [-0.39, 0.29) is 5.92 Å². The molecule has 31 heavy (non-hydrogen) atoms. The molecule has 2 aliphatic carbocycles. The summed E-state index contributed by atoms with van der Waals surface area (Å²) in [5.74, 6) is 2.45. The van der Waals surface area contributed by atoms with Crippen LogP contribution >= 0.6 is 0 Å². The lowest BCUT2D eigenvalue weighted by Gasteiger charge is -2.36. The molecule has 1 aliphatic heterocycles. The number of piperidine rings is 1. The van der Waals surface area contributed by atoms with Crippen molar-refractivity contribution in [3.63, 3.8) is 0 Å². The van der Waals surface area contributed by atoms with Crippen LogP contribution in [0.25, 0.3) is 10.9 Å². The van der Waals surface area contributed by atoms with E-state index < -0.39 is 11.9 Å². The van der Waals surface area contributed by atoms with Crippen LogP contribution in [0.15, 0.2) is 24.4 Å². The summed E-state index contributed by atoms with van der Waals surface area (Å²) in [5.41, 5.74) is -0.570. The predicted octanol–water partition coefficient (Wildman–Crippen LogP) is 4.51. The Labute approximate surface area is 179 Å². The van der Waals surface area contributed by atoms with E-state index in [0.717, 1.165) is 57.9 Å². The van der Waals surface area contributed by atoms with Gasteiger partial charge in [0.25, 0.3) is 0 Å². The zero-order chi connectivity index (χ0) is 21.6. The fourth-order valence-corrected chi connectivity index (χ4v) is 4.54. The van der Waals surface area contributed by atoms with Crippen molar-refractivity contribution in [2.75, 3.05) is 31.1 Å². The number of carbonyl (C=O) groups is 1. The first kappa shape index (κ1) is 20.5. The molecule has 1 saturated heterocycles. The molecule has 8 heteroatoms. The van der Waals surface area contributed by atoms with Crippen molar-refractivity contribution in [1.29, 1.82) is 0 Å². The van der Waals surface area contributed by atoms with Crippen LogP contribution in [0.1, 0.15) is 44.2 Å². The average molecular weight is 432 g/mol. The van der Waals surface area contributed by atoms with E-state index in [4.69, 9.17) is 0 Å². The van der Waals surface area contributed by atoms with Crippen molar-refractivity contribution in [3.05, 3.63) is 30.1 Å². The van der Waals surface area contributed by atoms with Crippen molar-refractivity contribution in [3.8, 4) is 0 Å². The number of hydrogen-bond donors (Lipinski definition) is 0. The Morgan fingerprint density at radius 1 is 1.00 bits per heavy atom. The van der Waals surface area contributed by atoms with Crippen LogP contribution in [-0.4, -0.2) is 47.0 Å². The van der Waals surface area contributed by atoms with Gasteiger partial charge in [0.2, 0.25) is 5.91 Å². The molecule has 3 fully saturated rings. The average Bonchev–Trinajstić information content (AvgIpc) is 3.66. The Hall–Kier alpha value is -2.38. The third-order valence-corrected chi connectivity index (χ3v) is 6.69. The van der Waals surface area contributed by atoms with Gasteiger partial charge in [0.05, 0.1) is 5.52 Å². The van der Waals surface area contributed by atoms with Gasteiger partial charge in [-0.05, 0) is 68.6 Å². The first-order chi connectivity index (χ1) is 14.9. The lowest BCUT2D eigenvalue weighted by Crippen LogP contribution is -2.42. The molecular formula is C23H27F3N4O. The largest absolute Gasteiger partial charge is 0.433 e. The van der Waals surface area contributed by atoms with Gasteiger partial charge < -0.3 is 9.80 Å². The van der Waals surface area contributed by atoms with Crippen molar-refractivity contribution < 1.29 is 18.0 Å². The number of rotatable bonds is 6. The van der Waals surface area contributed by atoms with E-state index in [9.17, 15) is 18.0 Å². The zero-order valence-electron chi connectivity index (χ0n) is 17.4. The number of amides is 1. The van der Waals surface area contributed by atoms with E-state index in [2.05, 4.69) is 19.8 Å². The molecule has 0 spiro atoms. The van der Waals surface area contributed by atoms with E-state index in [1.165, 1.54) is 31.2 Å². The second kappa shape index (κ2) is 7.95. The molecule has 2 saturated carbocycles. The van der Waals surface area contributed by atoms with E-state index >= 15 is 0 Å². The highest BCUT2D eigenvalue weighted by Crippen LogP contribution is 2.36. The number of anilines is 1. The van der Waals surface area contributed by atoms with Crippen LogP contribution in [0.4, 0.5) is 19.0 Å². The summed E-state index contributed by atoms with van der Waals surface area (Å²) in [6, 6.07) is 4.03. The first-order valence-corrected chi connectivity index (χ1v) is 11.2. The number of hydrogen-bond acceptors (Lipinski definition) is 4. The van der Waals surface area contributed by atoms with Gasteiger partial charge in [-0.3, -0.25) is 4.79 Å². The highest BCUT2D eigenvalue weighted by Gasteiger charge is 2.37. The summed E-state index contributed by atoms with van der Waals surface area (Å²) in [6.07, 6.45) is 3.53. The second-order valence-corrected chi connectivity index (χ2v) is 9.29. The van der Waals surface area contributed by atoms with Gasteiger partial charge in [-0.2, -0.15) is 13.2 Å². The van der Waals surface area contributed by atoms with Gasteiger partial charge in [0.1, 0.15) is 11.5 Å². The molecule has 3 aliphatic rings. The molecule has 2 aromatic heterocycles. The number of fused-ring (bicyclic) bond motifs is 1. The summed E-state index contributed by atoms with van der Waals surface area (Å²) in [7, 11) is 0. The fraction of sp³-hybridized carbons (Fsp3) is 0.609. The Morgan fingerprint density at radius 2 is 1.68 bits per heavy atom. The normalized spacial score (nSPS) is 20.3. The topological polar surface area (TPSA) is 49.3 Å². The Bertz CT molecular complexity index is 963. The zero-order valence-corrected chi connectivity index (χ0v) is 17.4. The van der Waals surface area contributed by atoms with Gasteiger partial charge >= 0.3 is 6.18 Å². The number of halogens is 3. The van der Waals surface area contributed by atoms with E-state index in [1.54, 1.807) is 0 Å². The summed E-state index contributed by atoms with van der Waals surface area (Å²) >= 11 is 0. The van der Waals surface area contributed by atoms with Crippen LogP contribution in [0.2, 0.25) is 0 Å². The summed E-state index contributed by atoms with van der Waals surface area (Å²) < 4.78 is 39.0. The highest BCUT2D eigenvalue weighted by molar-refractivity contribution is 5.89. The lowest BCUT2D eigenvalue weighted by molar-refractivity contribution is -0.141. The molecule has 0 atom stereocenters. The van der Waals surface area contributed by atoms with E-state index in [1.807, 2.05) is 0 Å². The second-order valence-electron chi connectivity index (χ2n) is 9.29. The Kier molecular flexibility index (Phi) is 5.26. The van der Waals surface area contributed by atoms with Gasteiger partial charge in [0, 0.05) is 43.7 Å². The number of carbonyl (C=O) groups excluding carboxylic acids is 1. The van der Waals surface area contributed by atoms with Crippen molar-refractivity contribution in [1.82, 2.24) is 14.9 Å². The maximum atomic E-state index is 13.0. The van der Waals surface area contributed by atoms with Gasteiger partial charge in [-0.15, -0.1) is 0 Å². The molecular weight excluding hydrogens is 405 g/mol. The molecule has 2 aromatic rings. The molecule has 5 nitrogen and oxygen atoms in total. The lowest BCUT2D eigenvalue weighted by atomic mass is 9.95. The molecule has 0 unspecified atom stereocenters. The smallest absolute Gasteiger partial charge is 0.356 e. The quantitative estimate of drug-likeness (QED) is 0.674. The number of aromatic nitrogens is 2. The molecule has 166 valence electrons. The number of pyridine rings is 2. The third-order valence-electron chi connectivity index (χ3n) is 6.69. The third kappa shape index (κ3) is 4.62. The predicted molar refractivity (Wildman–Crippen MR) is 112 cm³/mol. The first-order valence-electron chi connectivity index (χ1n) is 11.2. The van der Waals surface area contributed by atoms with Crippen molar-refractivity contribution in [2.24, 2.45) is 17.8 Å². The van der Waals surface area contributed by atoms with Crippen molar-refractivity contribution >= 4 is 22.6 Å². The molecule has 3 heterocycles. The maximum absolute atomic E-state index is 13.0. The standard InChI is InChI=1S/C23H27F3N4O/c24-23(25,26)20-6-5-18-19(28-20)7-10-27-21(18)29-11-8-16(9-12-29)14-30(13-15-1-2-15)22(31)17-3-4-17/h5-7,10,15-17H,1-4,8-9,11-14H2. The Morgan fingerprint density at radius 3 is 2.29 bits per heavy atom. The minimum atomic E-state index is -4.46. The number of nitrogens with zero attached hydrogens (tertiary/aromatic N) is 4. The Balaban J connectivity index is 1.25. The fourth-order valence-electron chi connectivity index (χ4n) is 4.54. The summed E-state index contributed by atoms with van der Waals surface area (Å²) in [5, 5.41) is 0.647. The minimum Gasteiger partial charge on any atom is -0.356 e. The minimum absolute atomic E-state index is 0.257. The van der Waals surface area contributed by atoms with Crippen LogP contribution in [-0.2, 0) is 11.0 Å².